The smallest absolute Gasteiger partial charge is 0.272 e. The van der Waals surface area contributed by atoms with Gasteiger partial charge in [-0.05, 0) is 31.9 Å². The van der Waals surface area contributed by atoms with Crippen molar-refractivity contribution in [2.45, 2.75) is 38.8 Å². The van der Waals surface area contributed by atoms with Gasteiger partial charge in [0, 0.05) is 51.2 Å². The van der Waals surface area contributed by atoms with Gasteiger partial charge in [-0.25, -0.2) is 0 Å². The van der Waals surface area contributed by atoms with Crippen LogP contribution in [0.2, 0.25) is 0 Å². The lowest BCUT2D eigenvalue weighted by Gasteiger charge is -2.32. The fourth-order valence-electron chi connectivity index (χ4n) is 3.71. The number of amides is 1. The molecule has 0 N–H and O–H groups in total. The van der Waals surface area contributed by atoms with E-state index in [1.807, 2.05) is 40.4 Å². The average molecular weight is 368 g/mol. The summed E-state index contributed by atoms with van der Waals surface area (Å²) < 4.78 is 5.61. The zero-order chi connectivity index (χ0) is 18.8. The Morgan fingerprint density at radius 2 is 2.15 bits per heavy atom. The second kappa shape index (κ2) is 7.34. The number of likely N-dealkylation sites (tertiary alicyclic amines) is 1. The minimum Gasteiger partial charge on any atom is -0.337 e. The Kier molecular flexibility index (Phi) is 4.74. The predicted octanol–water partition coefficient (Wildman–Crippen LogP) is 1.30. The first-order valence-electron chi connectivity index (χ1n) is 9.34. The van der Waals surface area contributed by atoms with Crippen LogP contribution in [0.25, 0.3) is 0 Å². The van der Waals surface area contributed by atoms with E-state index < -0.39 is 0 Å². The highest BCUT2D eigenvalue weighted by Gasteiger charge is 2.30. The summed E-state index contributed by atoms with van der Waals surface area (Å²) in [6.45, 7) is 4.68. The van der Waals surface area contributed by atoms with Gasteiger partial charge in [0.05, 0.1) is 0 Å². The number of hydrogen-bond acceptors (Lipinski definition) is 5. The Morgan fingerprint density at radius 1 is 1.26 bits per heavy atom. The second-order valence-corrected chi connectivity index (χ2v) is 6.86. The summed E-state index contributed by atoms with van der Waals surface area (Å²) in [5.74, 6) is 2.02. The van der Waals surface area contributed by atoms with Crippen molar-refractivity contribution < 1.29 is 4.79 Å². The third kappa shape index (κ3) is 3.36. The van der Waals surface area contributed by atoms with Crippen LogP contribution in [0.4, 0.5) is 0 Å². The van der Waals surface area contributed by atoms with Crippen molar-refractivity contribution in [2.24, 2.45) is 7.05 Å². The lowest BCUT2D eigenvalue weighted by molar-refractivity contribution is 0.0691. The number of piperidine rings is 1. The van der Waals surface area contributed by atoms with Crippen LogP contribution in [0.1, 0.15) is 47.8 Å². The molecule has 1 aliphatic heterocycles. The zero-order valence-electron chi connectivity index (χ0n) is 15.7. The minimum atomic E-state index is 0.0398. The van der Waals surface area contributed by atoms with E-state index in [0.29, 0.717) is 25.3 Å². The molecule has 0 aromatic carbocycles. The van der Waals surface area contributed by atoms with Crippen molar-refractivity contribution in [3.05, 3.63) is 48.1 Å². The van der Waals surface area contributed by atoms with Crippen LogP contribution in [0, 0.1) is 0 Å². The van der Waals surface area contributed by atoms with Gasteiger partial charge in [-0.3, -0.25) is 14.2 Å². The minimum absolute atomic E-state index is 0.0398. The van der Waals surface area contributed by atoms with Gasteiger partial charge < -0.3 is 9.47 Å². The van der Waals surface area contributed by atoms with E-state index >= 15 is 0 Å². The Hall–Kier alpha value is -2.97. The Morgan fingerprint density at radius 3 is 2.93 bits per heavy atom. The van der Waals surface area contributed by atoms with Crippen molar-refractivity contribution in [2.75, 3.05) is 13.1 Å². The highest BCUT2D eigenvalue weighted by Crippen LogP contribution is 2.26. The van der Waals surface area contributed by atoms with Crippen LogP contribution >= 0.6 is 0 Å². The van der Waals surface area contributed by atoms with Crippen LogP contribution in [0.5, 0.6) is 0 Å². The standard InChI is InChI=1S/C18H24N8O/c1-3-26-15(7-9-20-26)18(27)24-10-4-6-14(12-24)17-22-21-16(23(17)2)13-25-11-5-8-19-25/h5,7-9,11,14H,3-4,6,10,12-13H2,1-2H3. The molecule has 142 valence electrons. The molecule has 1 amide bonds. The first-order valence-corrected chi connectivity index (χ1v) is 9.34. The van der Waals surface area contributed by atoms with Crippen molar-refractivity contribution in [3.63, 3.8) is 0 Å². The maximum absolute atomic E-state index is 12.9. The molecule has 27 heavy (non-hydrogen) atoms. The highest BCUT2D eigenvalue weighted by molar-refractivity contribution is 5.92. The van der Waals surface area contributed by atoms with Crippen molar-refractivity contribution in [1.29, 1.82) is 0 Å². The normalized spacial score (nSPS) is 17.4. The highest BCUT2D eigenvalue weighted by atomic mass is 16.2. The van der Waals surface area contributed by atoms with Crippen LogP contribution < -0.4 is 0 Å². The molecule has 0 aliphatic carbocycles. The summed E-state index contributed by atoms with van der Waals surface area (Å²) in [7, 11) is 1.99. The fourth-order valence-corrected chi connectivity index (χ4v) is 3.71. The van der Waals surface area contributed by atoms with Gasteiger partial charge in [-0.2, -0.15) is 10.2 Å². The average Bonchev–Trinajstić information content (AvgIpc) is 3.44. The van der Waals surface area contributed by atoms with Crippen LogP contribution in [0.3, 0.4) is 0 Å². The predicted molar refractivity (Wildman–Crippen MR) is 98.1 cm³/mol. The van der Waals surface area contributed by atoms with E-state index in [1.54, 1.807) is 23.1 Å². The maximum Gasteiger partial charge on any atom is 0.272 e. The molecule has 1 unspecified atom stereocenters. The molecule has 9 heteroatoms. The topological polar surface area (TPSA) is 86.7 Å². The summed E-state index contributed by atoms with van der Waals surface area (Å²) in [4.78, 5) is 14.8. The Balaban J connectivity index is 1.50. The summed E-state index contributed by atoms with van der Waals surface area (Å²) in [5, 5.41) is 17.2. The number of aryl methyl sites for hydroxylation is 1. The number of hydrogen-bond donors (Lipinski definition) is 0. The molecular formula is C18H24N8O. The van der Waals surface area contributed by atoms with E-state index in [2.05, 4.69) is 20.4 Å². The van der Waals surface area contributed by atoms with Gasteiger partial charge in [-0.15, -0.1) is 10.2 Å². The van der Waals surface area contributed by atoms with E-state index in [0.717, 1.165) is 31.0 Å². The molecule has 0 bridgehead atoms. The first kappa shape index (κ1) is 17.4. The second-order valence-electron chi connectivity index (χ2n) is 6.86. The van der Waals surface area contributed by atoms with Gasteiger partial charge in [0.25, 0.3) is 5.91 Å². The van der Waals surface area contributed by atoms with E-state index in [1.165, 1.54) is 0 Å². The summed E-state index contributed by atoms with van der Waals surface area (Å²) in [6, 6.07) is 3.68. The summed E-state index contributed by atoms with van der Waals surface area (Å²) in [5.41, 5.74) is 0.649. The molecule has 3 aromatic rings. The molecule has 0 radical (unpaired) electrons. The van der Waals surface area contributed by atoms with Crippen LogP contribution in [-0.2, 0) is 20.1 Å². The maximum atomic E-state index is 12.9. The third-order valence-corrected chi connectivity index (χ3v) is 5.17. The van der Waals surface area contributed by atoms with Gasteiger partial charge in [0.1, 0.15) is 18.1 Å². The number of aromatic nitrogens is 7. The van der Waals surface area contributed by atoms with Crippen LogP contribution in [-0.4, -0.2) is 58.2 Å². The zero-order valence-corrected chi connectivity index (χ0v) is 15.7. The summed E-state index contributed by atoms with van der Waals surface area (Å²) in [6.07, 6.45) is 7.31. The van der Waals surface area contributed by atoms with Gasteiger partial charge >= 0.3 is 0 Å². The summed E-state index contributed by atoms with van der Waals surface area (Å²) >= 11 is 0. The molecule has 1 atom stereocenters. The molecule has 1 fully saturated rings. The van der Waals surface area contributed by atoms with Gasteiger partial charge in [0.15, 0.2) is 5.82 Å². The Bertz CT molecular complexity index is 910. The molecule has 1 aliphatic rings. The van der Waals surface area contributed by atoms with Crippen molar-refractivity contribution in [1.82, 2.24) is 39.2 Å². The number of carbonyl (C=O) groups excluding carboxylic acids is 1. The molecule has 4 heterocycles. The lowest BCUT2D eigenvalue weighted by Crippen LogP contribution is -2.40. The number of rotatable bonds is 5. The molecule has 0 saturated carbocycles. The number of nitrogens with zero attached hydrogens (tertiary/aromatic N) is 8. The van der Waals surface area contributed by atoms with Crippen molar-refractivity contribution in [3.8, 4) is 0 Å². The molecule has 1 saturated heterocycles. The molecule has 3 aromatic heterocycles. The quantitative estimate of drug-likeness (QED) is 0.677. The van der Waals surface area contributed by atoms with Crippen LogP contribution in [0.15, 0.2) is 30.7 Å². The SMILES string of the molecule is CCn1nccc1C(=O)N1CCCC(c2nnc(Cn3cccn3)n2C)C1. The Labute approximate surface area is 157 Å². The molecule has 4 rings (SSSR count). The molecular weight excluding hydrogens is 344 g/mol. The first-order chi connectivity index (χ1) is 13.2. The molecule has 0 spiro atoms. The van der Waals surface area contributed by atoms with Crippen molar-refractivity contribution >= 4 is 5.91 Å². The van der Waals surface area contributed by atoms with E-state index in [-0.39, 0.29) is 11.8 Å². The fraction of sp³-hybridized carbons (Fsp3) is 0.500. The molecule has 9 nitrogen and oxygen atoms in total. The monoisotopic (exact) mass is 368 g/mol. The third-order valence-electron chi connectivity index (χ3n) is 5.17. The number of carbonyl (C=O) groups is 1. The van der Waals surface area contributed by atoms with Gasteiger partial charge in [0.2, 0.25) is 0 Å². The largest absolute Gasteiger partial charge is 0.337 e. The lowest BCUT2D eigenvalue weighted by atomic mass is 9.97. The van der Waals surface area contributed by atoms with E-state index in [9.17, 15) is 4.79 Å². The van der Waals surface area contributed by atoms with Gasteiger partial charge in [-0.1, -0.05) is 0 Å². The van der Waals surface area contributed by atoms with E-state index in [4.69, 9.17) is 0 Å².